The fourth-order valence-corrected chi connectivity index (χ4v) is 4.03. The van der Waals surface area contributed by atoms with Crippen molar-refractivity contribution in [2.24, 2.45) is 0 Å². The van der Waals surface area contributed by atoms with Crippen molar-refractivity contribution in [2.75, 3.05) is 0 Å². The lowest BCUT2D eigenvalue weighted by atomic mass is 10.1. The van der Waals surface area contributed by atoms with Gasteiger partial charge in [-0.25, -0.2) is 8.42 Å². The SMILES string of the molecule is CCCC1=C(S(=O)(=O)c2ccc(C)cc2)CC[C@H](C)O1. The molecule has 0 saturated carbocycles. The van der Waals surface area contributed by atoms with Crippen molar-refractivity contribution >= 4 is 9.84 Å². The largest absolute Gasteiger partial charge is 0.494 e. The topological polar surface area (TPSA) is 43.4 Å². The molecule has 20 heavy (non-hydrogen) atoms. The summed E-state index contributed by atoms with van der Waals surface area (Å²) in [6.45, 7) is 5.97. The zero-order valence-corrected chi connectivity index (χ0v) is 13.2. The van der Waals surface area contributed by atoms with Crippen LogP contribution in [0.4, 0.5) is 0 Å². The lowest BCUT2D eigenvalue weighted by molar-refractivity contribution is 0.102. The summed E-state index contributed by atoms with van der Waals surface area (Å²) in [5.74, 6) is 0.659. The maximum absolute atomic E-state index is 12.8. The Labute approximate surface area is 121 Å². The Kier molecular flexibility index (Phi) is 4.53. The molecule has 4 heteroatoms. The maximum atomic E-state index is 12.8. The molecule has 1 heterocycles. The van der Waals surface area contributed by atoms with E-state index in [2.05, 4.69) is 0 Å². The van der Waals surface area contributed by atoms with Gasteiger partial charge in [-0.2, -0.15) is 0 Å². The predicted molar refractivity (Wildman–Crippen MR) is 80.1 cm³/mol. The molecule has 0 spiro atoms. The number of hydrogen-bond donors (Lipinski definition) is 0. The Morgan fingerprint density at radius 1 is 1.25 bits per heavy atom. The van der Waals surface area contributed by atoms with Crippen LogP contribution in [0.15, 0.2) is 39.8 Å². The van der Waals surface area contributed by atoms with E-state index in [0.29, 0.717) is 28.4 Å². The fourth-order valence-electron chi connectivity index (χ4n) is 2.41. The lowest BCUT2D eigenvalue weighted by Crippen LogP contribution is -2.20. The monoisotopic (exact) mass is 294 g/mol. The number of rotatable bonds is 4. The summed E-state index contributed by atoms with van der Waals surface area (Å²) in [5.41, 5.74) is 1.06. The standard InChI is InChI=1S/C16H22O3S/c1-4-5-15-16(11-8-13(3)19-15)20(17,18)14-9-6-12(2)7-10-14/h6-7,9-10,13H,4-5,8,11H2,1-3H3/t13-/m0/s1. The van der Waals surface area contributed by atoms with Crippen LogP contribution in [0, 0.1) is 6.92 Å². The lowest BCUT2D eigenvalue weighted by Gasteiger charge is -2.26. The average Bonchev–Trinajstić information content (AvgIpc) is 2.39. The Morgan fingerprint density at radius 2 is 1.90 bits per heavy atom. The van der Waals surface area contributed by atoms with Gasteiger partial charge in [-0.05, 0) is 45.2 Å². The van der Waals surface area contributed by atoms with Crippen LogP contribution in [0.3, 0.4) is 0 Å². The van der Waals surface area contributed by atoms with E-state index in [4.69, 9.17) is 4.74 Å². The van der Waals surface area contributed by atoms with Gasteiger partial charge in [0, 0.05) is 6.42 Å². The number of benzene rings is 1. The molecule has 1 aromatic carbocycles. The molecule has 1 aromatic rings. The van der Waals surface area contributed by atoms with Crippen LogP contribution < -0.4 is 0 Å². The zero-order valence-electron chi connectivity index (χ0n) is 12.3. The van der Waals surface area contributed by atoms with Gasteiger partial charge in [-0.1, -0.05) is 24.6 Å². The Morgan fingerprint density at radius 3 is 2.50 bits per heavy atom. The number of ether oxygens (including phenoxy) is 1. The number of hydrogen-bond acceptors (Lipinski definition) is 3. The normalized spacial score (nSPS) is 19.9. The van der Waals surface area contributed by atoms with Crippen molar-refractivity contribution in [3.8, 4) is 0 Å². The molecule has 0 bridgehead atoms. The number of sulfone groups is 1. The highest BCUT2D eigenvalue weighted by molar-refractivity contribution is 7.95. The molecule has 1 aliphatic heterocycles. The van der Waals surface area contributed by atoms with Crippen molar-refractivity contribution in [3.63, 3.8) is 0 Å². The second kappa shape index (κ2) is 6.00. The number of allylic oxidation sites excluding steroid dienone is 2. The van der Waals surface area contributed by atoms with Crippen LogP contribution in [0.5, 0.6) is 0 Å². The van der Waals surface area contributed by atoms with Crippen LogP contribution in [0.2, 0.25) is 0 Å². The molecule has 0 unspecified atom stereocenters. The smallest absolute Gasteiger partial charge is 0.206 e. The quantitative estimate of drug-likeness (QED) is 0.843. The maximum Gasteiger partial charge on any atom is 0.206 e. The summed E-state index contributed by atoms with van der Waals surface area (Å²) >= 11 is 0. The highest BCUT2D eigenvalue weighted by Gasteiger charge is 2.29. The molecule has 3 nitrogen and oxygen atoms in total. The Balaban J connectivity index is 2.45. The minimum Gasteiger partial charge on any atom is -0.494 e. The van der Waals surface area contributed by atoms with Gasteiger partial charge < -0.3 is 4.74 Å². The van der Waals surface area contributed by atoms with Crippen LogP contribution in [0.1, 0.15) is 45.1 Å². The highest BCUT2D eigenvalue weighted by Crippen LogP contribution is 2.33. The van der Waals surface area contributed by atoms with Crippen LogP contribution >= 0.6 is 0 Å². The van der Waals surface area contributed by atoms with E-state index in [1.165, 1.54) is 0 Å². The fraction of sp³-hybridized carbons (Fsp3) is 0.500. The van der Waals surface area contributed by atoms with Crippen molar-refractivity contribution in [3.05, 3.63) is 40.5 Å². The molecular formula is C16H22O3S. The van der Waals surface area contributed by atoms with Gasteiger partial charge in [0.15, 0.2) is 0 Å². The third kappa shape index (κ3) is 3.06. The van der Waals surface area contributed by atoms with Gasteiger partial charge in [-0.15, -0.1) is 0 Å². The molecule has 0 fully saturated rings. The minimum absolute atomic E-state index is 0.105. The van der Waals surface area contributed by atoms with E-state index < -0.39 is 9.84 Å². The molecule has 0 radical (unpaired) electrons. The molecule has 1 aliphatic rings. The second-order valence-electron chi connectivity index (χ2n) is 5.38. The molecule has 0 saturated heterocycles. The first-order valence-electron chi connectivity index (χ1n) is 7.15. The summed E-state index contributed by atoms with van der Waals surface area (Å²) in [7, 11) is -3.42. The van der Waals surface area contributed by atoms with Gasteiger partial charge in [0.1, 0.15) is 5.76 Å². The zero-order chi connectivity index (χ0) is 14.8. The van der Waals surface area contributed by atoms with Crippen LogP contribution in [-0.4, -0.2) is 14.5 Å². The summed E-state index contributed by atoms with van der Waals surface area (Å²) < 4.78 is 31.3. The molecule has 0 aliphatic carbocycles. The average molecular weight is 294 g/mol. The van der Waals surface area contributed by atoms with Gasteiger partial charge in [0.2, 0.25) is 9.84 Å². The van der Waals surface area contributed by atoms with Crippen LogP contribution in [-0.2, 0) is 14.6 Å². The van der Waals surface area contributed by atoms with Crippen molar-refractivity contribution in [2.45, 2.75) is 57.5 Å². The van der Waals surface area contributed by atoms with Crippen LogP contribution in [0.25, 0.3) is 0 Å². The van der Waals surface area contributed by atoms with Gasteiger partial charge >= 0.3 is 0 Å². The molecular weight excluding hydrogens is 272 g/mol. The molecule has 0 aromatic heterocycles. The third-order valence-electron chi connectivity index (χ3n) is 3.57. The van der Waals surface area contributed by atoms with E-state index in [1.807, 2.05) is 32.9 Å². The predicted octanol–water partition coefficient (Wildman–Crippen LogP) is 3.98. The van der Waals surface area contributed by atoms with E-state index in [1.54, 1.807) is 12.1 Å². The van der Waals surface area contributed by atoms with Crippen molar-refractivity contribution < 1.29 is 13.2 Å². The van der Waals surface area contributed by atoms with E-state index in [-0.39, 0.29) is 6.10 Å². The third-order valence-corrected chi connectivity index (χ3v) is 5.54. The Hall–Kier alpha value is -1.29. The Bertz CT molecular complexity index is 597. The summed E-state index contributed by atoms with van der Waals surface area (Å²) in [6.07, 6.45) is 3.01. The van der Waals surface area contributed by atoms with Gasteiger partial charge in [0.05, 0.1) is 15.9 Å². The van der Waals surface area contributed by atoms with Gasteiger partial charge in [-0.3, -0.25) is 0 Å². The van der Waals surface area contributed by atoms with E-state index in [9.17, 15) is 8.42 Å². The number of aryl methyl sites for hydroxylation is 1. The summed E-state index contributed by atoms with van der Waals surface area (Å²) in [6, 6.07) is 7.02. The summed E-state index contributed by atoms with van der Waals surface area (Å²) in [4.78, 5) is 0.839. The minimum atomic E-state index is -3.42. The first-order valence-corrected chi connectivity index (χ1v) is 8.64. The van der Waals surface area contributed by atoms with Gasteiger partial charge in [0.25, 0.3) is 0 Å². The van der Waals surface area contributed by atoms with Crippen molar-refractivity contribution in [1.29, 1.82) is 0 Å². The first-order chi connectivity index (χ1) is 9.45. The first kappa shape index (κ1) is 15.1. The second-order valence-corrected chi connectivity index (χ2v) is 7.35. The molecule has 1 atom stereocenters. The molecule has 110 valence electrons. The molecule has 2 rings (SSSR count). The molecule has 0 amide bonds. The van der Waals surface area contributed by atoms with E-state index >= 15 is 0 Å². The highest BCUT2D eigenvalue weighted by atomic mass is 32.2. The summed E-state index contributed by atoms with van der Waals surface area (Å²) in [5, 5.41) is 0. The van der Waals surface area contributed by atoms with E-state index in [0.717, 1.165) is 18.4 Å². The molecule has 0 N–H and O–H groups in total. The van der Waals surface area contributed by atoms with Crippen molar-refractivity contribution in [1.82, 2.24) is 0 Å².